The van der Waals surface area contributed by atoms with Crippen LogP contribution in [-0.2, 0) is 17.1 Å². The van der Waals surface area contributed by atoms with Crippen LogP contribution in [0, 0.1) is 0 Å². The van der Waals surface area contributed by atoms with Crippen molar-refractivity contribution in [2.24, 2.45) is 0 Å². The number of aromatic nitrogens is 3. The second-order valence-electron chi connectivity index (χ2n) is 7.87. The van der Waals surface area contributed by atoms with E-state index in [0.717, 1.165) is 42.6 Å². The largest absolute Gasteiger partial charge is 0.490 e. The SMILES string of the molecule is O=C(NC(c1ccc(C(F)(F)F)cc1)c1ncccc1C(F)(F)F)c1ccc2nccn2c1.O=C(O)C(F)(F)F. The Morgan fingerprint density at radius 2 is 1.45 bits per heavy atom. The lowest BCUT2D eigenvalue weighted by molar-refractivity contribution is -0.192. The number of fused-ring (bicyclic) bond motifs is 1. The van der Waals surface area contributed by atoms with Gasteiger partial charge in [-0.3, -0.25) is 9.78 Å². The number of carbonyl (C=O) groups excluding carboxylic acids is 1. The number of pyridine rings is 2. The molecule has 1 unspecified atom stereocenters. The fourth-order valence-electron chi connectivity index (χ4n) is 3.33. The first-order valence-electron chi connectivity index (χ1n) is 10.7. The Bertz CT molecular complexity index is 1490. The molecule has 0 saturated carbocycles. The van der Waals surface area contributed by atoms with Gasteiger partial charge >= 0.3 is 24.5 Å². The van der Waals surface area contributed by atoms with Gasteiger partial charge in [0.1, 0.15) is 5.65 Å². The highest BCUT2D eigenvalue weighted by atomic mass is 19.4. The summed E-state index contributed by atoms with van der Waals surface area (Å²) >= 11 is 0. The maximum atomic E-state index is 13.6. The van der Waals surface area contributed by atoms with Crippen LogP contribution < -0.4 is 5.32 Å². The number of carboxylic acid groups (broad SMARTS) is 1. The highest BCUT2D eigenvalue weighted by molar-refractivity contribution is 5.94. The number of halogens is 9. The normalized spacial score (nSPS) is 12.8. The Balaban J connectivity index is 0.000000559. The second kappa shape index (κ2) is 11.2. The van der Waals surface area contributed by atoms with Gasteiger partial charge in [0, 0.05) is 24.8 Å². The molecule has 0 radical (unpaired) electrons. The zero-order chi connectivity index (χ0) is 29.9. The fourth-order valence-corrected chi connectivity index (χ4v) is 3.33. The number of carbonyl (C=O) groups is 2. The Morgan fingerprint density at radius 1 is 0.825 bits per heavy atom. The molecular formula is C24H15F9N4O3. The fraction of sp³-hybridized carbons (Fsp3) is 0.167. The lowest BCUT2D eigenvalue weighted by atomic mass is 9.97. The van der Waals surface area contributed by atoms with E-state index in [1.165, 1.54) is 18.5 Å². The summed E-state index contributed by atoms with van der Waals surface area (Å²) < 4.78 is 113. The number of hydrogen-bond acceptors (Lipinski definition) is 4. The minimum absolute atomic E-state index is 0.00394. The van der Waals surface area contributed by atoms with Crippen molar-refractivity contribution in [3.63, 3.8) is 0 Å². The van der Waals surface area contributed by atoms with Crippen LogP contribution in [0.5, 0.6) is 0 Å². The molecule has 4 rings (SSSR count). The van der Waals surface area contributed by atoms with E-state index in [9.17, 15) is 44.3 Å². The number of hydrogen-bond donors (Lipinski definition) is 2. The monoisotopic (exact) mass is 578 g/mol. The first-order valence-corrected chi connectivity index (χ1v) is 10.7. The van der Waals surface area contributed by atoms with Crippen LogP contribution in [0.4, 0.5) is 39.5 Å². The standard InChI is InChI=1S/C22H14F6N4O.C2HF3O2/c23-21(24,25)15-6-3-13(4-7-15)18(19-16(22(26,27)28)2-1-9-30-19)31-20(33)14-5-8-17-29-10-11-32(17)12-14;3-2(4,5)1(6)7/h1-12,18H,(H,31,33);(H,6,7). The van der Waals surface area contributed by atoms with Crippen molar-refractivity contribution in [1.82, 2.24) is 19.7 Å². The van der Waals surface area contributed by atoms with E-state index < -0.39 is 53.3 Å². The van der Waals surface area contributed by atoms with Crippen LogP contribution in [-0.4, -0.2) is 37.5 Å². The molecule has 0 aliphatic carbocycles. The van der Waals surface area contributed by atoms with Crippen LogP contribution in [0.15, 0.2) is 73.3 Å². The van der Waals surface area contributed by atoms with E-state index in [2.05, 4.69) is 15.3 Å². The number of nitrogens with zero attached hydrogens (tertiary/aromatic N) is 3. The molecule has 4 aromatic rings. The molecule has 16 heteroatoms. The number of nitrogens with one attached hydrogen (secondary N) is 1. The minimum Gasteiger partial charge on any atom is -0.475 e. The van der Waals surface area contributed by atoms with E-state index in [1.54, 1.807) is 16.7 Å². The van der Waals surface area contributed by atoms with Crippen molar-refractivity contribution in [2.75, 3.05) is 0 Å². The van der Waals surface area contributed by atoms with Crippen molar-refractivity contribution >= 4 is 17.5 Å². The van der Waals surface area contributed by atoms with Gasteiger partial charge in [-0.1, -0.05) is 12.1 Å². The van der Waals surface area contributed by atoms with Gasteiger partial charge in [-0.15, -0.1) is 0 Å². The van der Waals surface area contributed by atoms with Crippen molar-refractivity contribution in [3.05, 3.63) is 101 Å². The molecule has 3 aromatic heterocycles. The Hall–Kier alpha value is -4.63. The number of rotatable bonds is 4. The topological polar surface area (TPSA) is 96.6 Å². The summed E-state index contributed by atoms with van der Waals surface area (Å²) in [6, 6.07) is 6.91. The highest BCUT2D eigenvalue weighted by Crippen LogP contribution is 2.36. The molecule has 212 valence electrons. The second-order valence-corrected chi connectivity index (χ2v) is 7.87. The molecule has 0 fully saturated rings. The molecule has 1 aromatic carbocycles. The molecule has 1 atom stereocenters. The minimum atomic E-state index is -5.08. The van der Waals surface area contributed by atoms with Gasteiger partial charge in [0.25, 0.3) is 5.91 Å². The summed E-state index contributed by atoms with van der Waals surface area (Å²) in [5, 5.41) is 9.60. The molecule has 2 N–H and O–H groups in total. The third kappa shape index (κ3) is 7.27. The molecule has 7 nitrogen and oxygen atoms in total. The lowest BCUT2D eigenvalue weighted by Gasteiger charge is -2.23. The van der Waals surface area contributed by atoms with E-state index in [4.69, 9.17) is 9.90 Å². The van der Waals surface area contributed by atoms with Crippen LogP contribution in [0.1, 0.15) is 38.8 Å². The summed E-state index contributed by atoms with van der Waals surface area (Å²) in [4.78, 5) is 29.7. The summed E-state index contributed by atoms with van der Waals surface area (Å²) in [5.74, 6) is -3.50. The zero-order valence-corrected chi connectivity index (χ0v) is 19.5. The zero-order valence-electron chi connectivity index (χ0n) is 19.5. The molecule has 0 aliphatic rings. The van der Waals surface area contributed by atoms with Crippen LogP contribution >= 0.6 is 0 Å². The van der Waals surface area contributed by atoms with Gasteiger partial charge in [0.2, 0.25) is 0 Å². The molecule has 0 saturated heterocycles. The predicted octanol–water partition coefficient (Wildman–Crippen LogP) is 5.92. The Morgan fingerprint density at radius 3 is 2.00 bits per heavy atom. The van der Waals surface area contributed by atoms with E-state index in [-0.39, 0.29) is 11.1 Å². The molecule has 0 spiro atoms. The van der Waals surface area contributed by atoms with Gasteiger partial charge < -0.3 is 14.8 Å². The van der Waals surface area contributed by atoms with Crippen molar-refractivity contribution in [3.8, 4) is 0 Å². The number of benzene rings is 1. The van der Waals surface area contributed by atoms with Gasteiger partial charge in [0.15, 0.2) is 0 Å². The number of aliphatic carboxylic acids is 1. The molecule has 0 bridgehead atoms. The van der Waals surface area contributed by atoms with Crippen LogP contribution in [0.2, 0.25) is 0 Å². The maximum absolute atomic E-state index is 13.6. The van der Waals surface area contributed by atoms with Gasteiger partial charge in [0.05, 0.1) is 28.4 Å². The van der Waals surface area contributed by atoms with Crippen molar-refractivity contribution in [2.45, 2.75) is 24.6 Å². The maximum Gasteiger partial charge on any atom is 0.490 e. The number of alkyl halides is 9. The summed E-state index contributed by atoms with van der Waals surface area (Å²) in [6.07, 6.45) is -8.87. The average molecular weight is 578 g/mol. The number of imidazole rings is 1. The third-order valence-electron chi connectivity index (χ3n) is 5.16. The molecule has 0 aliphatic heterocycles. The number of amides is 1. The van der Waals surface area contributed by atoms with E-state index >= 15 is 0 Å². The summed E-state index contributed by atoms with van der Waals surface area (Å²) in [7, 11) is 0. The molecule has 1 amide bonds. The molecule has 40 heavy (non-hydrogen) atoms. The first-order chi connectivity index (χ1) is 18.5. The smallest absolute Gasteiger partial charge is 0.475 e. The van der Waals surface area contributed by atoms with Crippen molar-refractivity contribution < 1.29 is 54.2 Å². The summed E-state index contributed by atoms with van der Waals surface area (Å²) in [6.45, 7) is 0. The van der Waals surface area contributed by atoms with Gasteiger partial charge in [-0.05, 0) is 42.0 Å². The third-order valence-corrected chi connectivity index (χ3v) is 5.16. The van der Waals surface area contributed by atoms with Crippen molar-refractivity contribution in [1.29, 1.82) is 0 Å². The summed E-state index contributed by atoms with van der Waals surface area (Å²) in [5.41, 5.74) is -1.96. The number of carboxylic acids is 1. The van der Waals surface area contributed by atoms with E-state index in [0.29, 0.717) is 5.65 Å². The first kappa shape index (κ1) is 29.9. The van der Waals surface area contributed by atoms with Gasteiger partial charge in [-0.25, -0.2) is 9.78 Å². The Labute approximate surface area is 217 Å². The average Bonchev–Trinajstić information content (AvgIpc) is 3.34. The molecular weight excluding hydrogens is 563 g/mol. The van der Waals surface area contributed by atoms with E-state index in [1.807, 2.05) is 0 Å². The molecule has 3 heterocycles. The lowest BCUT2D eigenvalue weighted by Crippen LogP contribution is -2.32. The quantitative estimate of drug-likeness (QED) is 0.293. The predicted molar refractivity (Wildman–Crippen MR) is 119 cm³/mol. The Kier molecular flexibility index (Phi) is 8.40. The van der Waals surface area contributed by atoms with Crippen LogP contribution in [0.3, 0.4) is 0 Å². The van der Waals surface area contributed by atoms with Gasteiger partial charge in [-0.2, -0.15) is 39.5 Å². The highest BCUT2D eigenvalue weighted by Gasteiger charge is 2.39. The van der Waals surface area contributed by atoms with Crippen LogP contribution in [0.25, 0.3) is 5.65 Å².